The maximum absolute atomic E-state index is 11.6. The molecule has 1 heterocycles. The molecule has 0 saturated heterocycles. The van der Waals surface area contributed by atoms with Crippen LogP contribution in [0.3, 0.4) is 0 Å². The number of rotatable bonds is 3. The summed E-state index contributed by atoms with van der Waals surface area (Å²) in [6, 6.07) is 12.0. The molecule has 0 unspecified atom stereocenters. The standard InChI is InChI=1S/C18H20N4O.2ClH/c1-11(23)21-17-14(8-9-16-15(17)10-20-22-16)12-4-6-13(7-5-12)18(2,3)19;;/h4-10H,19H2,1-3H3,(H,20,22)(H,21,23);2*1H. The highest BCUT2D eigenvalue weighted by molar-refractivity contribution is 6.06. The predicted molar refractivity (Wildman–Crippen MR) is 108 cm³/mol. The van der Waals surface area contributed by atoms with Crippen LogP contribution in [0.1, 0.15) is 26.3 Å². The SMILES string of the molecule is CC(=O)Nc1c(-c2ccc(C(C)(C)N)cc2)ccc2[nH]ncc12.Cl.Cl. The molecule has 0 bridgehead atoms. The third kappa shape index (κ3) is 4.31. The summed E-state index contributed by atoms with van der Waals surface area (Å²) in [4.78, 5) is 11.6. The van der Waals surface area contributed by atoms with E-state index in [1.165, 1.54) is 6.92 Å². The van der Waals surface area contributed by atoms with Crippen molar-refractivity contribution in [3.05, 3.63) is 48.2 Å². The van der Waals surface area contributed by atoms with E-state index < -0.39 is 0 Å². The first-order valence-electron chi connectivity index (χ1n) is 7.50. The van der Waals surface area contributed by atoms with E-state index in [1.54, 1.807) is 6.20 Å². The molecule has 0 aliphatic heterocycles. The normalized spacial score (nSPS) is 10.7. The Bertz CT molecular complexity index is 867. The molecule has 1 aromatic heterocycles. The van der Waals surface area contributed by atoms with Gasteiger partial charge in [0.05, 0.1) is 17.4 Å². The van der Waals surface area contributed by atoms with Gasteiger partial charge >= 0.3 is 0 Å². The van der Waals surface area contributed by atoms with Crippen molar-refractivity contribution in [2.45, 2.75) is 26.3 Å². The number of carbonyl (C=O) groups excluding carboxylic acids is 1. The topological polar surface area (TPSA) is 83.8 Å². The molecule has 3 aromatic rings. The number of nitrogens with one attached hydrogen (secondary N) is 2. The molecule has 1 amide bonds. The van der Waals surface area contributed by atoms with Crippen LogP contribution in [-0.4, -0.2) is 16.1 Å². The van der Waals surface area contributed by atoms with Crippen LogP contribution in [0.15, 0.2) is 42.6 Å². The number of anilines is 1. The molecule has 2 aromatic carbocycles. The van der Waals surface area contributed by atoms with E-state index in [0.717, 1.165) is 33.3 Å². The Morgan fingerprint density at radius 2 is 1.76 bits per heavy atom. The Balaban J connectivity index is 0.00000156. The first kappa shape index (κ1) is 21.0. The number of fused-ring (bicyclic) bond motifs is 1. The molecule has 7 heteroatoms. The van der Waals surface area contributed by atoms with Gasteiger partial charge in [-0.1, -0.05) is 30.3 Å². The largest absolute Gasteiger partial charge is 0.325 e. The van der Waals surface area contributed by atoms with Gasteiger partial charge in [-0.25, -0.2) is 0 Å². The average molecular weight is 381 g/mol. The van der Waals surface area contributed by atoms with Crippen LogP contribution in [-0.2, 0) is 10.3 Å². The Hall–Kier alpha value is -2.08. The molecule has 0 aliphatic rings. The molecular formula is C18H22Cl2N4O. The van der Waals surface area contributed by atoms with Crippen LogP contribution < -0.4 is 11.1 Å². The lowest BCUT2D eigenvalue weighted by atomic mass is 9.93. The average Bonchev–Trinajstić information content (AvgIpc) is 2.95. The van der Waals surface area contributed by atoms with E-state index in [4.69, 9.17) is 5.73 Å². The molecule has 4 N–H and O–H groups in total. The minimum Gasteiger partial charge on any atom is -0.325 e. The van der Waals surface area contributed by atoms with Gasteiger partial charge in [-0.15, -0.1) is 24.8 Å². The van der Waals surface area contributed by atoms with Gasteiger partial charge in [0.1, 0.15) is 0 Å². The fourth-order valence-electron chi connectivity index (χ4n) is 2.65. The van der Waals surface area contributed by atoms with Crippen molar-refractivity contribution >= 4 is 47.3 Å². The second-order valence-electron chi connectivity index (χ2n) is 6.30. The molecule has 0 atom stereocenters. The third-order valence-electron chi connectivity index (χ3n) is 3.87. The zero-order valence-electron chi connectivity index (χ0n) is 14.3. The highest BCUT2D eigenvalue weighted by Crippen LogP contribution is 2.34. The van der Waals surface area contributed by atoms with Crippen molar-refractivity contribution in [2.24, 2.45) is 5.73 Å². The lowest BCUT2D eigenvalue weighted by molar-refractivity contribution is -0.114. The van der Waals surface area contributed by atoms with E-state index >= 15 is 0 Å². The van der Waals surface area contributed by atoms with Gasteiger partial charge in [-0.3, -0.25) is 9.89 Å². The first-order valence-corrected chi connectivity index (χ1v) is 7.50. The fourth-order valence-corrected chi connectivity index (χ4v) is 2.65. The van der Waals surface area contributed by atoms with Crippen molar-refractivity contribution in [1.29, 1.82) is 0 Å². The zero-order valence-corrected chi connectivity index (χ0v) is 15.9. The molecular weight excluding hydrogens is 359 g/mol. The minimum absolute atomic E-state index is 0. The number of H-pyrrole nitrogens is 1. The van der Waals surface area contributed by atoms with Gasteiger partial charge in [-0.05, 0) is 31.0 Å². The third-order valence-corrected chi connectivity index (χ3v) is 3.87. The second-order valence-corrected chi connectivity index (χ2v) is 6.30. The van der Waals surface area contributed by atoms with Crippen LogP contribution in [0, 0.1) is 0 Å². The number of halogens is 2. The van der Waals surface area contributed by atoms with Crippen LogP contribution in [0.2, 0.25) is 0 Å². The first-order chi connectivity index (χ1) is 10.9. The number of amides is 1. The van der Waals surface area contributed by atoms with E-state index in [9.17, 15) is 4.79 Å². The fraction of sp³-hybridized carbons (Fsp3) is 0.222. The maximum atomic E-state index is 11.6. The predicted octanol–water partition coefficient (Wildman–Crippen LogP) is 4.23. The van der Waals surface area contributed by atoms with E-state index in [1.807, 2.05) is 50.2 Å². The van der Waals surface area contributed by atoms with Gasteiger partial charge in [0, 0.05) is 23.4 Å². The van der Waals surface area contributed by atoms with E-state index in [0.29, 0.717) is 0 Å². The summed E-state index contributed by atoms with van der Waals surface area (Å²) in [5.41, 5.74) is 10.4. The van der Waals surface area contributed by atoms with Gasteiger partial charge < -0.3 is 11.1 Å². The Morgan fingerprint density at radius 1 is 1.12 bits per heavy atom. The second kappa shape index (κ2) is 7.87. The van der Waals surface area contributed by atoms with Crippen LogP contribution in [0.5, 0.6) is 0 Å². The quantitative estimate of drug-likeness (QED) is 0.635. The highest BCUT2D eigenvalue weighted by Gasteiger charge is 2.15. The lowest BCUT2D eigenvalue weighted by Crippen LogP contribution is -2.28. The monoisotopic (exact) mass is 380 g/mol. The molecule has 134 valence electrons. The lowest BCUT2D eigenvalue weighted by Gasteiger charge is -2.19. The number of carbonyl (C=O) groups is 1. The minimum atomic E-state index is -0.381. The van der Waals surface area contributed by atoms with Crippen molar-refractivity contribution in [1.82, 2.24) is 10.2 Å². The Labute approximate surface area is 159 Å². The molecule has 5 nitrogen and oxygen atoms in total. The van der Waals surface area contributed by atoms with Gasteiger partial charge in [0.2, 0.25) is 5.91 Å². The molecule has 0 spiro atoms. The number of nitrogens with zero attached hydrogens (tertiary/aromatic N) is 1. The molecule has 0 radical (unpaired) electrons. The number of aromatic nitrogens is 2. The Morgan fingerprint density at radius 3 is 2.32 bits per heavy atom. The molecule has 0 saturated carbocycles. The van der Waals surface area contributed by atoms with Gasteiger partial charge in [0.15, 0.2) is 0 Å². The molecule has 0 aliphatic carbocycles. The number of benzene rings is 2. The summed E-state index contributed by atoms with van der Waals surface area (Å²) in [6.07, 6.45) is 1.72. The van der Waals surface area contributed by atoms with Crippen molar-refractivity contribution in [3.8, 4) is 11.1 Å². The highest BCUT2D eigenvalue weighted by atomic mass is 35.5. The Kier molecular flexibility index (Phi) is 6.60. The van der Waals surface area contributed by atoms with Crippen molar-refractivity contribution < 1.29 is 4.79 Å². The number of nitrogens with two attached hydrogens (primary N) is 1. The summed E-state index contributed by atoms with van der Waals surface area (Å²) in [7, 11) is 0. The molecule has 0 fully saturated rings. The summed E-state index contributed by atoms with van der Waals surface area (Å²) < 4.78 is 0. The van der Waals surface area contributed by atoms with Crippen LogP contribution >= 0.6 is 24.8 Å². The summed E-state index contributed by atoms with van der Waals surface area (Å²) >= 11 is 0. The van der Waals surface area contributed by atoms with E-state index in [-0.39, 0.29) is 36.3 Å². The van der Waals surface area contributed by atoms with Crippen LogP contribution in [0.25, 0.3) is 22.0 Å². The smallest absolute Gasteiger partial charge is 0.221 e. The maximum Gasteiger partial charge on any atom is 0.221 e. The van der Waals surface area contributed by atoms with Gasteiger partial charge in [0.25, 0.3) is 0 Å². The van der Waals surface area contributed by atoms with Crippen molar-refractivity contribution in [2.75, 3.05) is 5.32 Å². The summed E-state index contributed by atoms with van der Waals surface area (Å²) in [5.74, 6) is -0.111. The van der Waals surface area contributed by atoms with Gasteiger partial charge in [-0.2, -0.15) is 5.10 Å². The number of aromatic amines is 1. The molecule has 3 rings (SSSR count). The summed E-state index contributed by atoms with van der Waals surface area (Å²) in [6.45, 7) is 5.45. The van der Waals surface area contributed by atoms with Crippen molar-refractivity contribution in [3.63, 3.8) is 0 Å². The number of hydrogen-bond acceptors (Lipinski definition) is 3. The molecule has 25 heavy (non-hydrogen) atoms. The van der Waals surface area contributed by atoms with E-state index in [2.05, 4.69) is 15.5 Å². The number of hydrogen-bond donors (Lipinski definition) is 3. The van der Waals surface area contributed by atoms with Crippen LogP contribution in [0.4, 0.5) is 5.69 Å². The zero-order chi connectivity index (χ0) is 16.6. The summed E-state index contributed by atoms with van der Waals surface area (Å²) in [5, 5.41) is 10.8.